The Morgan fingerprint density at radius 1 is 1.40 bits per heavy atom. The smallest absolute Gasteiger partial charge is 0.229 e. The average molecular weight is 280 g/mol. The number of aliphatic hydroxyl groups is 1. The van der Waals surface area contributed by atoms with Gasteiger partial charge in [0, 0.05) is 38.1 Å². The highest BCUT2D eigenvalue weighted by Gasteiger charge is 2.30. The molecule has 112 valence electrons. The summed E-state index contributed by atoms with van der Waals surface area (Å²) in [6.07, 6.45) is 2.12. The topological polar surface area (TPSA) is 65.6 Å². The highest BCUT2D eigenvalue weighted by atomic mass is 16.5. The Morgan fingerprint density at radius 2 is 2.20 bits per heavy atom. The minimum absolute atomic E-state index is 0.262. The van der Waals surface area contributed by atoms with Crippen LogP contribution in [0.25, 0.3) is 0 Å². The van der Waals surface area contributed by atoms with Crippen molar-refractivity contribution in [3.63, 3.8) is 0 Å². The van der Waals surface area contributed by atoms with Gasteiger partial charge in [-0.3, -0.25) is 9.80 Å². The molecule has 1 saturated heterocycles. The highest BCUT2D eigenvalue weighted by Crippen LogP contribution is 2.38. The van der Waals surface area contributed by atoms with Gasteiger partial charge in [0.25, 0.3) is 0 Å². The molecule has 2 heterocycles. The van der Waals surface area contributed by atoms with Crippen LogP contribution in [0.3, 0.4) is 0 Å². The summed E-state index contributed by atoms with van der Waals surface area (Å²) in [5.41, 5.74) is 0. The van der Waals surface area contributed by atoms with Gasteiger partial charge in [0.05, 0.1) is 12.6 Å². The van der Waals surface area contributed by atoms with Crippen LogP contribution in [0.5, 0.6) is 0 Å². The summed E-state index contributed by atoms with van der Waals surface area (Å²) in [4.78, 5) is 9.19. The Kier molecular flexibility index (Phi) is 4.05. The maximum Gasteiger partial charge on any atom is 0.229 e. The number of aliphatic hydroxyl groups excluding tert-OH is 1. The maximum atomic E-state index is 9.50. The molecule has 6 nitrogen and oxygen atoms in total. The number of aromatic nitrogens is 2. The van der Waals surface area contributed by atoms with Crippen LogP contribution in [0.4, 0.5) is 0 Å². The van der Waals surface area contributed by atoms with Crippen LogP contribution < -0.4 is 0 Å². The Morgan fingerprint density at radius 3 is 2.85 bits per heavy atom. The van der Waals surface area contributed by atoms with E-state index < -0.39 is 0 Å². The number of β-amino-alcohol motifs (C(OH)–C–C–N with tert-alkyl or cyclic N) is 1. The molecular formula is C14H24N4O2. The lowest BCUT2D eigenvalue weighted by atomic mass is 10.1. The van der Waals surface area contributed by atoms with Crippen LogP contribution in [-0.2, 0) is 6.54 Å². The van der Waals surface area contributed by atoms with E-state index in [9.17, 15) is 5.11 Å². The van der Waals surface area contributed by atoms with Crippen molar-refractivity contribution < 1.29 is 9.63 Å². The number of hydrogen-bond donors (Lipinski definition) is 1. The molecule has 6 heteroatoms. The van der Waals surface area contributed by atoms with Gasteiger partial charge in [-0.1, -0.05) is 5.16 Å². The molecule has 1 saturated carbocycles. The van der Waals surface area contributed by atoms with E-state index in [1.807, 2.05) is 6.92 Å². The summed E-state index contributed by atoms with van der Waals surface area (Å²) in [6.45, 7) is 8.54. The van der Waals surface area contributed by atoms with E-state index in [4.69, 9.17) is 4.52 Å². The van der Waals surface area contributed by atoms with Gasteiger partial charge >= 0.3 is 0 Å². The summed E-state index contributed by atoms with van der Waals surface area (Å²) in [6, 6.07) is 0.452. The first kappa shape index (κ1) is 14.0. The summed E-state index contributed by atoms with van der Waals surface area (Å²) in [7, 11) is 0. The van der Waals surface area contributed by atoms with Gasteiger partial charge in [-0.25, -0.2) is 0 Å². The molecule has 0 spiro atoms. The minimum atomic E-state index is -0.262. The zero-order chi connectivity index (χ0) is 14.1. The largest absolute Gasteiger partial charge is 0.392 e. The van der Waals surface area contributed by atoms with E-state index in [0.29, 0.717) is 12.0 Å². The molecule has 0 amide bonds. The Balaban J connectivity index is 1.51. The second-order valence-electron chi connectivity index (χ2n) is 6.25. The van der Waals surface area contributed by atoms with Crippen LogP contribution in [-0.4, -0.2) is 63.4 Å². The third-order valence-corrected chi connectivity index (χ3v) is 4.12. The van der Waals surface area contributed by atoms with E-state index in [0.717, 1.165) is 44.4 Å². The molecule has 0 aromatic carbocycles. The summed E-state index contributed by atoms with van der Waals surface area (Å²) in [5.74, 6) is 2.15. The van der Waals surface area contributed by atoms with Crippen LogP contribution >= 0.6 is 0 Å². The van der Waals surface area contributed by atoms with Crippen LogP contribution in [0.1, 0.15) is 44.3 Å². The van der Waals surface area contributed by atoms with Crippen LogP contribution in [0.2, 0.25) is 0 Å². The van der Waals surface area contributed by atoms with Gasteiger partial charge in [-0.05, 0) is 26.7 Å². The predicted octanol–water partition coefficient (Wildman–Crippen LogP) is 0.834. The average Bonchev–Trinajstić information content (AvgIpc) is 3.14. The molecule has 2 fully saturated rings. The first-order chi connectivity index (χ1) is 9.61. The van der Waals surface area contributed by atoms with Crippen molar-refractivity contribution in [2.45, 2.75) is 51.3 Å². The van der Waals surface area contributed by atoms with E-state index in [-0.39, 0.29) is 6.10 Å². The fourth-order valence-electron chi connectivity index (χ4n) is 2.85. The lowest BCUT2D eigenvalue weighted by molar-refractivity contribution is 0.0411. The molecule has 1 aliphatic carbocycles. The number of rotatable bonds is 5. The maximum absolute atomic E-state index is 9.50. The molecule has 3 rings (SSSR count). The monoisotopic (exact) mass is 280 g/mol. The zero-order valence-corrected chi connectivity index (χ0v) is 12.3. The van der Waals surface area contributed by atoms with Gasteiger partial charge in [0.2, 0.25) is 5.89 Å². The quantitative estimate of drug-likeness (QED) is 0.862. The fraction of sp³-hybridized carbons (Fsp3) is 0.857. The third kappa shape index (κ3) is 3.37. The zero-order valence-electron chi connectivity index (χ0n) is 12.3. The van der Waals surface area contributed by atoms with Gasteiger partial charge in [0.15, 0.2) is 5.82 Å². The molecule has 1 aliphatic heterocycles. The lowest BCUT2D eigenvalue weighted by Gasteiger charge is -2.39. The number of nitrogens with zero attached hydrogens (tertiary/aromatic N) is 4. The van der Waals surface area contributed by atoms with Crippen LogP contribution in [0, 0.1) is 0 Å². The predicted molar refractivity (Wildman–Crippen MR) is 74.3 cm³/mol. The van der Waals surface area contributed by atoms with Crippen molar-refractivity contribution in [3.8, 4) is 0 Å². The molecule has 0 radical (unpaired) electrons. The molecule has 20 heavy (non-hydrogen) atoms. The van der Waals surface area contributed by atoms with E-state index >= 15 is 0 Å². The standard InChI is InChI=1S/C14H24N4O2/c1-10-7-17(5-6-18(10)8-11(2)19)9-13-15-14(20-16-13)12-3-4-12/h10-12,19H,3-9H2,1-2H3/t10-,11+/m0/s1. The number of hydrogen-bond acceptors (Lipinski definition) is 6. The summed E-state index contributed by atoms with van der Waals surface area (Å²) in [5, 5.41) is 13.6. The Bertz CT molecular complexity index is 444. The van der Waals surface area contributed by atoms with Crippen molar-refractivity contribution >= 4 is 0 Å². The normalized spacial score (nSPS) is 26.9. The lowest BCUT2D eigenvalue weighted by Crippen LogP contribution is -2.53. The van der Waals surface area contributed by atoms with Crippen LogP contribution in [0.15, 0.2) is 4.52 Å². The summed E-state index contributed by atoms with van der Waals surface area (Å²) >= 11 is 0. The molecular weight excluding hydrogens is 256 g/mol. The van der Waals surface area contributed by atoms with Gasteiger partial charge < -0.3 is 9.63 Å². The second kappa shape index (κ2) is 5.79. The van der Waals surface area contributed by atoms with Gasteiger partial charge in [-0.2, -0.15) is 4.98 Å². The molecule has 0 bridgehead atoms. The SMILES string of the molecule is C[C@@H](O)CN1CCN(Cc2noc(C3CC3)n2)C[C@@H]1C. The Hall–Kier alpha value is -0.980. The van der Waals surface area contributed by atoms with Gasteiger partial charge in [0.1, 0.15) is 0 Å². The first-order valence-electron chi connectivity index (χ1n) is 7.58. The van der Waals surface area contributed by atoms with Crippen molar-refractivity contribution in [2.24, 2.45) is 0 Å². The molecule has 1 aromatic rings. The number of piperazine rings is 1. The van der Waals surface area contributed by atoms with Crippen molar-refractivity contribution in [2.75, 3.05) is 26.2 Å². The van der Waals surface area contributed by atoms with E-state index in [1.165, 1.54) is 12.8 Å². The highest BCUT2D eigenvalue weighted by molar-refractivity contribution is 5.01. The van der Waals surface area contributed by atoms with Crippen molar-refractivity contribution in [1.29, 1.82) is 0 Å². The van der Waals surface area contributed by atoms with Gasteiger partial charge in [-0.15, -0.1) is 0 Å². The van der Waals surface area contributed by atoms with E-state index in [2.05, 4.69) is 26.9 Å². The minimum Gasteiger partial charge on any atom is -0.392 e. The van der Waals surface area contributed by atoms with E-state index in [1.54, 1.807) is 0 Å². The fourth-order valence-corrected chi connectivity index (χ4v) is 2.85. The molecule has 1 N–H and O–H groups in total. The second-order valence-corrected chi connectivity index (χ2v) is 6.25. The third-order valence-electron chi connectivity index (χ3n) is 4.12. The molecule has 1 aromatic heterocycles. The first-order valence-corrected chi connectivity index (χ1v) is 7.58. The Labute approximate surface area is 119 Å². The molecule has 2 atom stereocenters. The van der Waals surface area contributed by atoms with Crippen molar-refractivity contribution in [1.82, 2.24) is 19.9 Å². The molecule has 2 aliphatic rings. The summed E-state index contributed by atoms with van der Waals surface area (Å²) < 4.78 is 5.30. The molecule has 0 unspecified atom stereocenters. The van der Waals surface area contributed by atoms with Crippen molar-refractivity contribution in [3.05, 3.63) is 11.7 Å².